The fourth-order valence-corrected chi connectivity index (χ4v) is 1.64. The summed E-state index contributed by atoms with van der Waals surface area (Å²) < 4.78 is 102. The van der Waals surface area contributed by atoms with E-state index in [1.165, 1.54) is 0 Å². The van der Waals surface area contributed by atoms with E-state index in [1.807, 2.05) is 0 Å². The van der Waals surface area contributed by atoms with Crippen LogP contribution in [0.2, 0.25) is 0 Å². The van der Waals surface area contributed by atoms with E-state index in [2.05, 4.69) is 0 Å². The molecule has 18 heavy (non-hydrogen) atoms. The van der Waals surface area contributed by atoms with Crippen molar-refractivity contribution in [2.75, 3.05) is 0 Å². The Kier molecular flexibility index (Phi) is 3.38. The molecule has 0 aliphatic heterocycles. The molecule has 0 saturated carbocycles. The number of hydrogen-bond donors (Lipinski definition) is 1. The Morgan fingerprint density at radius 2 is 1.28 bits per heavy atom. The van der Waals surface area contributed by atoms with Gasteiger partial charge in [-0.3, -0.25) is 0 Å². The molecule has 1 aromatic carbocycles. The largest absolute Gasteiger partial charge is 0.435 e. The second kappa shape index (κ2) is 4.12. The molecule has 1 rings (SSSR count). The lowest BCUT2D eigenvalue weighted by atomic mass is 10.1. The third-order valence-corrected chi connectivity index (χ3v) is 2.72. The van der Waals surface area contributed by atoms with Crippen LogP contribution in [0.4, 0.5) is 26.3 Å². The summed E-state index contributed by atoms with van der Waals surface area (Å²) in [5.41, 5.74) is -3.55. The summed E-state index contributed by atoms with van der Waals surface area (Å²) >= 11 is 0. The first-order valence-electron chi connectivity index (χ1n) is 4.10. The van der Waals surface area contributed by atoms with Crippen molar-refractivity contribution in [1.82, 2.24) is 0 Å². The maximum absolute atomic E-state index is 12.3. The zero-order valence-electron chi connectivity index (χ0n) is 8.21. The Labute approximate surface area is 96.8 Å². The average molecular weight is 295 g/mol. The summed E-state index contributed by atoms with van der Waals surface area (Å²) in [7, 11) is -4.92. The molecule has 0 radical (unpaired) electrons. The smallest absolute Gasteiger partial charge is 0.242 e. The summed E-state index contributed by atoms with van der Waals surface area (Å²) in [6, 6.07) is -0.246. The van der Waals surface area contributed by atoms with Crippen molar-refractivity contribution in [3.05, 3.63) is 29.3 Å². The zero-order valence-corrected chi connectivity index (χ0v) is 9.03. The Bertz CT molecular complexity index is 525. The van der Waals surface area contributed by atoms with Gasteiger partial charge in [-0.2, -0.15) is 30.6 Å². The predicted octanol–water partition coefficient (Wildman–Crippen LogP) is 3.13. The molecule has 0 aliphatic rings. The van der Waals surface area contributed by atoms with Crippen LogP contribution in [0.15, 0.2) is 23.1 Å². The molecule has 0 fully saturated rings. The third-order valence-electron chi connectivity index (χ3n) is 1.87. The molecule has 0 saturated heterocycles. The molecule has 0 aromatic heterocycles. The number of halogens is 6. The van der Waals surface area contributed by atoms with Crippen molar-refractivity contribution in [3.63, 3.8) is 0 Å². The second-order valence-electron chi connectivity index (χ2n) is 3.24. The topological polar surface area (TPSA) is 58.7 Å². The molecule has 1 unspecified atom stereocenters. The molecule has 0 heterocycles. The van der Waals surface area contributed by atoms with Gasteiger partial charge in [0.2, 0.25) is 0 Å². The highest BCUT2D eigenvalue weighted by atomic mass is 32.2. The van der Waals surface area contributed by atoms with Gasteiger partial charge in [0, 0.05) is 0 Å². The van der Waals surface area contributed by atoms with Crippen LogP contribution in [-0.2, 0) is 22.5 Å². The molecule has 3 nitrogen and oxygen atoms in total. The van der Waals surface area contributed by atoms with Gasteiger partial charge in [0.1, 0.15) is 4.90 Å². The van der Waals surface area contributed by atoms with Crippen LogP contribution in [0.25, 0.3) is 0 Å². The SMILES string of the molecule is O=S(O)(=[OH+])c1cc(C(F)(F)F)cc(C(F)(F)F)c1. The molecule has 0 bridgehead atoms. The fourth-order valence-electron chi connectivity index (χ4n) is 1.08. The van der Waals surface area contributed by atoms with E-state index in [9.17, 15) is 30.6 Å². The van der Waals surface area contributed by atoms with E-state index >= 15 is 0 Å². The van der Waals surface area contributed by atoms with Gasteiger partial charge >= 0.3 is 22.5 Å². The monoisotopic (exact) mass is 295 g/mol. The molecule has 102 valence electrons. The van der Waals surface area contributed by atoms with Gasteiger partial charge in [0.15, 0.2) is 0 Å². The highest BCUT2D eigenvalue weighted by Gasteiger charge is 2.38. The average Bonchev–Trinajstić information content (AvgIpc) is 2.13. The molecule has 0 aliphatic carbocycles. The summed E-state index contributed by atoms with van der Waals surface area (Å²) in [5, 5.41) is 0. The van der Waals surface area contributed by atoms with Crippen LogP contribution in [0, 0.1) is 0 Å². The summed E-state index contributed by atoms with van der Waals surface area (Å²) in [4.78, 5) is -1.36. The lowest BCUT2D eigenvalue weighted by Crippen LogP contribution is -2.13. The van der Waals surface area contributed by atoms with Crippen LogP contribution in [0.3, 0.4) is 0 Å². The van der Waals surface area contributed by atoms with Crippen LogP contribution < -0.4 is 0 Å². The van der Waals surface area contributed by atoms with E-state index in [1.54, 1.807) is 0 Å². The van der Waals surface area contributed by atoms with Gasteiger partial charge < -0.3 is 0 Å². The van der Waals surface area contributed by atoms with E-state index in [0.717, 1.165) is 0 Å². The van der Waals surface area contributed by atoms with E-state index in [0.29, 0.717) is 0 Å². The van der Waals surface area contributed by atoms with Crippen molar-refractivity contribution in [1.29, 1.82) is 0 Å². The van der Waals surface area contributed by atoms with Gasteiger partial charge in [-0.05, 0) is 18.2 Å². The second-order valence-corrected chi connectivity index (χ2v) is 4.70. The van der Waals surface area contributed by atoms with Gasteiger partial charge in [-0.1, -0.05) is 0 Å². The standard InChI is InChI=1S/C8H4F6O3S/c9-7(10,11)4-1-5(8(12,13)14)3-6(2-4)18(15,16)17/h1-3H,(H,15,16,17)/p+1. The first-order valence-corrected chi connectivity index (χ1v) is 5.57. The molecule has 2 N–H and O–H groups in total. The molecule has 1 atom stereocenters. The van der Waals surface area contributed by atoms with Gasteiger partial charge in [0.25, 0.3) is 0 Å². The van der Waals surface area contributed by atoms with E-state index in [-0.39, 0.29) is 18.2 Å². The Morgan fingerprint density at radius 1 is 0.944 bits per heavy atom. The van der Waals surface area contributed by atoms with Crippen LogP contribution in [-0.4, -0.2) is 13.0 Å². The summed E-state index contributed by atoms with van der Waals surface area (Å²) in [6.07, 6.45) is -10.3. The molecule has 10 heteroatoms. The Hall–Kier alpha value is -1.29. The molecular formula is C8H5F6O3S+. The molecule has 0 amide bonds. The Morgan fingerprint density at radius 3 is 1.50 bits per heavy atom. The summed E-state index contributed by atoms with van der Waals surface area (Å²) in [6.45, 7) is 0. The molecular weight excluding hydrogens is 290 g/mol. The van der Waals surface area contributed by atoms with Gasteiger partial charge in [-0.25, -0.2) is 4.55 Å². The van der Waals surface area contributed by atoms with E-state index < -0.39 is 38.5 Å². The van der Waals surface area contributed by atoms with Crippen molar-refractivity contribution in [3.8, 4) is 0 Å². The Balaban J connectivity index is 3.60. The predicted molar refractivity (Wildman–Crippen MR) is 47.4 cm³/mol. The van der Waals surface area contributed by atoms with Crippen LogP contribution in [0.5, 0.6) is 0 Å². The van der Waals surface area contributed by atoms with Crippen LogP contribution in [0.1, 0.15) is 11.1 Å². The minimum Gasteiger partial charge on any atom is -0.242 e. The molecule has 1 aromatic rings. The first-order chi connectivity index (χ1) is 7.82. The van der Waals surface area contributed by atoms with Gasteiger partial charge in [-0.15, -0.1) is 4.21 Å². The third kappa shape index (κ3) is 3.35. The lowest BCUT2D eigenvalue weighted by molar-refractivity contribution is -0.143. The maximum Gasteiger partial charge on any atom is 0.435 e. The number of benzene rings is 1. The quantitative estimate of drug-likeness (QED) is 0.491. The van der Waals surface area contributed by atoms with Gasteiger partial charge in [0.05, 0.1) is 11.1 Å². The lowest BCUT2D eigenvalue weighted by Gasteiger charge is -2.12. The number of rotatable bonds is 1. The minimum absolute atomic E-state index is 0.0163. The molecule has 0 spiro atoms. The zero-order chi connectivity index (χ0) is 14.4. The van der Waals surface area contributed by atoms with E-state index in [4.69, 9.17) is 8.76 Å². The van der Waals surface area contributed by atoms with Crippen molar-refractivity contribution in [2.45, 2.75) is 17.2 Å². The number of hydrogen-bond acceptors (Lipinski definition) is 1. The first kappa shape index (κ1) is 14.8. The number of alkyl halides is 6. The van der Waals surface area contributed by atoms with Crippen molar-refractivity contribution in [2.24, 2.45) is 0 Å². The fraction of sp³-hybridized carbons (Fsp3) is 0.250. The maximum atomic E-state index is 12.3. The van der Waals surface area contributed by atoms with Crippen molar-refractivity contribution < 1.29 is 39.3 Å². The van der Waals surface area contributed by atoms with Crippen LogP contribution >= 0.6 is 0 Å². The highest BCUT2D eigenvalue weighted by Crippen LogP contribution is 2.37. The normalized spacial score (nSPS) is 16.4. The minimum atomic E-state index is -5.14. The van der Waals surface area contributed by atoms with Crippen molar-refractivity contribution >= 4 is 10.1 Å². The summed E-state index contributed by atoms with van der Waals surface area (Å²) in [5.74, 6) is 0. The highest BCUT2D eigenvalue weighted by molar-refractivity contribution is 7.85.